The molecule has 0 aromatic heterocycles. The second kappa shape index (κ2) is 8.82. The molecule has 2 nitrogen and oxygen atoms in total. The van der Waals surface area contributed by atoms with Crippen LogP contribution in [0.5, 0.6) is 0 Å². The first-order chi connectivity index (χ1) is 1.91. The van der Waals surface area contributed by atoms with Gasteiger partial charge in [-0.05, 0) is 0 Å². The Balaban J connectivity index is 0. The first kappa shape index (κ1) is 9.09. The number of hydrazine groups is 1. The molecule has 0 aromatic rings. The van der Waals surface area contributed by atoms with Gasteiger partial charge in [-0.15, -0.1) is 0 Å². The van der Waals surface area contributed by atoms with Gasteiger partial charge in [0.1, 0.15) is 0 Å². The molecule has 0 aliphatic heterocycles. The fourth-order valence-electron chi connectivity index (χ4n) is 0. The van der Waals surface area contributed by atoms with Crippen molar-refractivity contribution in [3.05, 3.63) is 0 Å². The molecule has 0 aliphatic rings. The average Bonchev–Trinajstić information content (AvgIpc) is 1.37. The molecule has 0 rings (SSSR count). The fourth-order valence-corrected chi connectivity index (χ4v) is 0. The molecular formula is CH3N2OsS. The Hall–Kier alpha value is 0.486. The summed E-state index contributed by atoms with van der Waals surface area (Å²) in [7, 11) is 0. The van der Waals surface area contributed by atoms with Crippen molar-refractivity contribution >= 4 is 17.7 Å². The van der Waals surface area contributed by atoms with Gasteiger partial charge in [-0.2, -0.15) is 0 Å². The standard InChI is InChI=1S/CH3N2S.Os/c2-3-1-4;/h2H2,(H,3,4);/q-1;+1. The molecule has 0 bridgehead atoms. The van der Waals surface area contributed by atoms with Gasteiger partial charge in [-0.1, -0.05) is 0 Å². The Morgan fingerprint density at radius 3 is 2.00 bits per heavy atom. The van der Waals surface area contributed by atoms with E-state index in [0.717, 1.165) is 0 Å². The van der Waals surface area contributed by atoms with E-state index >= 15 is 0 Å². The van der Waals surface area contributed by atoms with Crippen LogP contribution in [0.3, 0.4) is 0 Å². The second-order valence-corrected chi connectivity index (χ2v) is 0.451. The van der Waals surface area contributed by atoms with Crippen LogP contribution in [0.1, 0.15) is 0 Å². The van der Waals surface area contributed by atoms with Crippen LogP contribution in [0.2, 0.25) is 0 Å². The van der Waals surface area contributed by atoms with Crippen LogP contribution in [0.15, 0.2) is 0 Å². The third kappa shape index (κ3) is 12.6. The predicted molar refractivity (Wildman–Crippen MR) is 19.9 cm³/mol. The van der Waals surface area contributed by atoms with Gasteiger partial charge >= 0.3 is 19.8 Å². The number of hydrogen-bond donors (Lipinski definition) is 2. The topological polar surface area (TPSA) is 38.0 Å². The van der Waals surface area contributed by atoms with Gasteiger partial charge in [0, 0.05) is 0 Å². The predicted octanol–water partition coefficient (Wildman–Crippen LogP) is -0.719. The van der Waals surface area contributed by atoms with Gasteiger partial charge in [-0.3, -0.25) is 5.84 Å². The van der Waals surface area contributed by atoms with Crippen LogP contribution in [-0.4, -0.2) is 5.49 Å². The van der Waals surface area contributed by atoms with E-state index in [0.29, 0.717) is 0 Å². The zero-order chi connectivity index (χ0) is 3.41. The van der Waals surface area contributed by atoms with Crippen molar-refractivity contribution in [2.24, 2.45) is 5.84 Å². The summed E-state index contributed by atoms with van der Waals surface area (Å²) in [6.45, 7) is 0. The van der Waals surface area contributed by atoms with Crippen molar-refractivity contribution in [2.75, 3.05) is 0 Å². The maximum absolute atomic E-state index is 4.56. The Morgan fingerprint density at radius 2 is 2.00 bits per heavy atom. The molecule has 0 amide bonds. The van der Waals surface area contributed by atoms with Crippen molar-refractivity contribution in [1.82, 2.24) is 5.43 Å². The zero-order valence-corrected chi connectivity index (χ0v) is 5.70. The molecule has 0 atom stereocenters. The molecule has 0 aromatic carbocycles. The first-order valence-corrected chi connectivity index (χ1v) is 1.15. The van der Waals surface area contributed by atoms with Crippen molar-refractivity contribution in [3.63, 3.8) is 0 Å². The molecule has 1 radical (unpaired) electrons. The maximum Gasteiger partial charge on any atom is 1.00 e. The van der Waals surface area contributed by atoms with E-state index in [1.54, 1.807) is 0 Å². The van der Waals surface area contributed by atoms with Gasteiger partial charge in [-0.25, -0.2) is 0 Å². The van der Waals surface area contributed by atoms with E-state index in [9.17, 15) is 0 Å². The number of rotatable bonds is 1. The van der Waals surface area contributed by atoms with Crippen LogP contribution in [0, 0.1) is 0 Å². The molecular weight excluding hydrogens is 262 g/mol. The summed E-state index contributed by atoms with van der Waals surface area (Å²) in [4.78, 5) is 0. The van der Waals surface area contributed by atoms with Crippen LogP contribution in [0.25, 0.3) is 0 Å². The molecule has 5 heavy (non-hydrogen) atoms. The molecule has 3 N–H and O–H groups in total. The van der Waals surface area contributed by atoms with Gasteiger partial charge in [0.25, 0.3) is 0 Å². The van der Waals surface area contributed by atoms with Gasteiger partial charge < -0.3 is 23.1 Å². The van der Waals surface area contributed by atoms with Gasteiger partial charge in [0.2, 0.25) is 0 Å². The smallest absolute Gasteiger partial charge is 0.496 e. The van der Waals surface area contributed by atoms with Gasteiger partial charge in [0.15, 0.2) is 0 Å². The molecule has 0 unspecified atom stereocenters. The van der Waals surface area contributed by atoms with E-state index in [1.807, 2.05) is 10.9 Å². The molecule has 0 fully saturated rings. The Bertz CT molecular complexity index is 23.6. The molecule has 0 heterocycles. The summed E-state index contributed by atoms with van der Waals surface area (Å²) in [5.41, 5.74) is 4.04. The second-order valence-electron chi connectivity index (χ2n) is 0.246. The van der Waals surface area contributed by atoms with Crippen LogP contribution >= 0.6 is 12.2 Å². The molecule has 0 saturated heterocycles. The molecule has 0 saturated carbocycles. The zero-order valence-electron chi connectivity index (χ0n) is 2.34. The molecule has 31 valence electrons. The number of nitrogens with two attached hydrogens (primary N) is 1. The minimum absolute atomic E-state index is 0. The first-order valence-electron chi connectivity index (χ1n) is 0.743. The van der Waals surface area contributed by atoms with E-state index < -0.39 is 0 Å². The molecule has 0 aliphatic carbocycles. The monoisotopic (exact) mass is 267 g/mol. The van der Waals surface area contributed by atoms with Crippen LogP contribution in [0.4, 0.5) is 0 Å². The van der Waals surface area contributed by atoms with Crippen LogP contribution in [-0.2, 0) is 19.8 Å². The summed E-state index contributed by atoms with van der Waals surface area (Å²) in [6.07, 6.45) is 0. The fraction of sp³-hybridized carbons (Fsp3) is 0. The summed E-state index contributed by atoms with van der Waals surface area (Å²) < 4.78 is 0. The maximum atomic E-state index is 4.56. The summed E-state index contributed by atoms with van der Waals surface area (Å²) in [5.74, 6) is 4.56. The van der Waals surface area contributed by atoms with Crippen LogP contribution < -0.4 is 11.3 Å². The Labute approximate surface area is 49.1 Å². The van der Waals surface area contributed by atoms with Crippen molar-refractivity contribution in [3.8, 4) is 0 Å². The van der Waals surface area contributed by atoms with Crippen molar-refractivity contribution < 1.29 is 19.8 Å². The van der Waals surface area contributed by atoms with Crippen molar-refractivity contribution in [2.45, 2.75) is 0 Å². The van der Waals surface area contributed by atoms with Crippen molar-refractivity contribution in [1.29, 1.82) is 0 Å². The van der Waals surface area contributed by atoms with E-state index in [1.165, 1.54) is 0 Å². The third-order valence-electron chi connectivity index (χ3n) is 0.0589. The normalized spacial score (nSPS) is 4.20. The Morgan fingerprint density at radius 1 is 1.80 bits per heavy atom. The van der Waals surface area contributed by atoms with Gasteiger partial charge in [0.05, 0.1) is 0 Å². The summed E-state index contributed by atoms with van der Waals surface area (Å²) in [5, 5.41) is 0. The number of thiocarbonyl (C=S) groups is 1. The Kier molecular flexibility index (Phi) is 16.0. The largest absolute Gasteiger partial charge is 1.00 e. The number of hydrogen-bond acceptors (Lipinski definition) is 2. The minimum Gasteiger partial charge on any atom is -0.496 e. The third-order valence-corrected chi connectivity index (χ3v) is 0.177. The molecule has 4 heteroatoms. The SMILES string of the molecule is NN[C-]=S.[Os+]. The number of nitrogens with one attached hydrogen (secondary N) is 1. The quantitative estimate of drug-likeness (QED) is 0.216. The summed E-state index contributed by atoms with van der Waals surface area (Å²) in [6, 6.07) is 0. The minimum atomic E-state index is 0. The average molecular weight is 265 g/mol. The summed E-state index contributed by atoms with van der Waals surface area (Å²) >= 11 is 4.07. The van der Waals surface area contributed by atoms with E-state index in [-0.39, 0.29) is 19.8 Å². The van der Waals surface area contributed by atoms with E-state index in [4.69, 9.17) is 0 Å². The molecule has 0 spiro atoms. The van der Waals surface area contributed by atoms with E-state index in [2.05, 4.69) is 18.1 Å².